The molecule has 0 saturated heterocycles. The Balaban J connectivity index is 2.47. The first kappa shape index (κ1) is 9.77. The molecule has 0 spiro atoms. The molecule has 1 aromatic rings. The van der Waals surface area contributed by atoms with Crippen LogP contribution in [-0.2, 0) is 4.79 Å². The minimum atomic E-state index is -0.427. The number of benzene rings is 1. The van der Waals surface area contributed by atoms with E-state index in [1.54, 1.807) is 6.92 Å². The molecular formula is C12H13NO2. The van der Waals surface area contributed by atoms with Crippen molar-refractivity contribution in [3.8, 4) is 5.75 Å². The van der Waals surface area contributed by atoms with Crippen molar-refractivity contribution < 1.29 is 9.53 Å². The second-order valence-electron chi connectivity index (χ2n) is 3.47. The quantitative estimate of drug-likeness (QED) is 0.761. The van der Waals surface area contributed by atoms with Gasteiger partial charge in [-0.25, -0.2) is 0 Å². The summed E-state index contributed by atoms with van der Waals surface area (Å²) < 4.78 is 5.56. The number of nitrogens with one attached hydrogen (secondary N) is 1. The average Bonchev–Trinajstić information content (AvgIpc) is 2.21. The van der Waals surface area contributed by atoms with Gasteiger partial charge in [0, 0.05) is 5.56 Å². The number of carbonyl (C=O) groups is 1. The molecule has 0 bridgehead atoms. The number of ether oxygens (including phenoxy) is 1. The Bertz CT molecular complexity index is 424. The van der Waals surface area contributed by atoms with Gasteiger partial charge in [-0.05, 0) is 19.9 Å². The molecule has 15 heavy (non-hydrogen) atoms. The second-order valence-corrected chi connectivity index (χ2v) is 3.47. The normalized spacial score (nSPS) is 19.6. The zero-order valence-corrected chi connectivity index (χ0v) is 8.78. The highest BCUT2D eigenvalue weighted by Crippen LogP contribution is 2.33. The van der Waals surface area contributed by atoms with E-state index in [-0.39, 0.29) is 5.91 Å². The van der Waals surface area contributed by atoms with Gasteiger partial charge in [-0.3, -0.25) is 4.79 Å². The minimum Gasteiger partial charge on any atom is -0.478 e. The van der Waals surface area contributed by atoms with Crippen molar-refractivity contribution in [3.63, 3.8) is 0 Å². The number of para-hydroxylation sites is 1. The maximum absolute atomic E-state index is 11.4. The standard InChI is InChI=1S/C12H13NO2/c1-3-5-9-6-4-7-10-11(9)15-8(2)12(14)13-10/h3-8H,1-2H3,(H,13,14)/b5-3+. The van der Waals surface area contributed by atoms with Crippen LogP contribution in [0, 0.1) is 0 Å². The van der Waals surface area contributed by atoms with Crippen molar-refractivity contribution in [1.82, 2.24) is 0 Å². The minimum absolute atomic E-state index is 0.0971. The van der Waals surface area contributed by atoms with E-state index in [2.05, 4.69) is 5.32 Å². The van der Waals surface area contributed by atoms with Gasteiger partial charge in [0.05, 0.1) is 5.69 Å². The van der Waals surface area contributed by atoms with Gasteiger partial charge in [0.25, 0.3) is 5.91 Å². The molecule has 2 rings (SSSR count). The zero-order valence-electron chi connectivity index (χ0n) is 8.78. The van der Waals surface area contributed by atoms with E-state index in [1.165, 1.54) is 0 Å². The number of rotatable bonds is 1. The number of carbonyl (C=O) groups excluding carboxylic acids is 1. The summed E-state index contributed by atoms with van der Waals surface area (Å²) in [6.07, 6.45) is 3.48. The molecule has 0 radical (unpaired) electrons. The molecule has 0 aliphatic carbocycles. The molecule has 1 atom stereocenters. The fourth-order valence-corrected chi connectivity index (χ4v) is 1.56. The topological polar surface area (TPSA) is 38.3 Å². The fraction of sp³-hybridized carbons (Fsp3) is 0.250. The number of fused-ring (bicyclic) bond motifs is 1. The van der Waals surface area contributed by atoms with E-state index in [0.29, 0.717) is 0 Å². The highest BCUT2D eigenvalue weighted by atomic mass is 16.5. The Labute approximate surface area is 88.8 Å². The van der Waals surface area contributed by atoms with Gasteiger partial charge in [-0.15, -0.1) is 0 Å². The molecule has 1 unspecified atom stereocenters. The molecule has 78 valence electrons. The van der Waals surface area contributed by atoms with E-state index in [1.807, 2.05) is 37.3 Å². The lowest BCUT2D eigenvalue weighted by Gasteiger charge is -2.24. The molecule has 1 amide bonds. The Morgan fingerprint density at radius 1 is 1.47 bits per heavy atom. The van der Waals surface area contributed by atoms with Crippen molar-refractivity contribution in [2.75, 3.05) is 5.32 Å². The molecule has 3 heteroatoms. The van der Waals surface area contributed by atoms with Crippen LogP contribution in [0.2, 0.25) is 0 Å². The number of allylic oxidation sites excluding steroid dienone is 1. The largest absolute Gasteiger partial charge is 0.478 e. The van der Waals surface area contributed by atoms with Crippen LogP contribution in [0.4, 0.5) is 5.69 Å². The molecule has 0 saturated carbocycles. The van der Waals surface area contributed by atoms with E-state index in [0.717, 1.165) is 17.0 Å². The third kappa shape index (κ3) is 1.73. The fourth-order valence-electron chi connectivity index (χ4n) is 1.56. The SMILES string of the molecule is C/C=C/c1cccc2c1OC(C)C(=O)N2. The zero-order chi connectivity index (χ0) is 10.8. The predicted octanol–water partition coefficient (Wildman–Crippen LogP) is 2.44. The number of hydrogen-bond acceptors (Lipinski definition) is 2. The molecule has 0 aromatic heterocycles. The van der Waals surface area contributed by atoms with Crippen LogP contribution in [0.25, 0.3) is 6.08 Å². The first-order chi connectivity index (χ1) is 7.22. The van der Waals surface area contributed by atoms with Gasteiger partial charge in [0.1, 0.15) is 0 Å². The van der Waals surface area contributed by atoms with Gasteiger partial charge < -0.3 is 10.1 Å². The Kier molecular flexibility index (Phi) is 2.46. The van der Waals surface area contributed by atoms with Crippen LogP contribution in [0.1, 0.15) is 19.4 Å². The summed E-state index contributed by atoms with van der Waals surface area (Å²) in [5.41, 5.74) is 1.73. The lowest BCUT2D eigenvalue weighted by molar-refractivity contribution is -0.122. The smallest absolute Gasteiger partial charge is 0.265 e. The Morgan fingerprint density at radius 3 is 3.00 bits per heavy atom. The van der Waals surface area contributed by atoms with Crippen LogP contribution in [0.3, 0.4) is 0 Å². The van der Waals surface area contributed by atoms with Crippen molar-refractivity contribution >= 4 is 17.7 Å². The van der Waals surface area contributed by atoms with Gasteiger partial charge in [-0.2, -0.15) is 0 Å². The van der Waals surface area contributed by atoms with Gasteiger partial charge >= 0.3 is 0 Å². The third-order valence-electron chi connectivity index (χ3n) is 2.31. The van der Waals surface area contributed by atoms with E-state index in [9.17, 15) is 4.79 Å². The summed E-state index contributed by atoms with van der Waals surface area (Å²) in [5, 5.41) is 2.81. The summed E-state index contributed by atoms with van der Waals surface area (Å²) in [7, 11) is 0. The van der Waals surface area contributed by atoms with Crippen molar-refractivity contribution in [3.05, 3.63) is 29.8 Å². The number of amides is 1. The second kappa shape index (κ2) is 3.77. The first-order valence-corrected chi connectivity index (χ1v) is 4.95. The summed E-state index contributed by atoms with van der Waals surface area (Å²) in [4.78, 5) is 11.4. The number of hydrogen-bond donors (Lipinski definition) is 1. The summed E-state index contributed by atoms with van der Waals surface area (Å²) in [6, 6.07) is 5.70. The highest BCUT2D eigenvalue weighted by Gasteiger charge is 2.24. The van der Waals surface area contributed by atoms with E-state index >= 15 is 0 Å². The first-order valence-electron chi connectivity index (χ1n) is 4.95. The van der Waals surface area contributed by atoms with Crippen molar-refractivity contribution in [1.29, 1.82) is 0 Å². The van der Waals surface area contributed by atoms with Crippen LogP contribution >= 0.6 is 0 Å². The number of anilines is 1. The predicted molar refractivity (Wildman–Crippen MR) is 59.9 cm³/mol. The molecular weight excluding hydrogens is 190 g/mol. The maximum atomic E-state index is 11.4. The monoisotopic (exact) mass is 203 g/mol. The molecule has 1 aromatic carbocycles. The van der Waals surface area contributed by atoms with Gasteiger partial charge in [0.2, 0.25) is 0 Å². The molecule has 1 aliphatic heterocycles. The van der Waals surface area contributed by atoms with Crippen LogP contribution in [0.5, 0.6) is 5.75 Å². The molecule has 3 nitrogen and oxygen atoms in total. The molecule has 1 aliphatic rings. The average molecular weight is 203 g/mol. The molecule has 0 fully saturated rings. The van der Waals surface area contributed by atoms with E-state index < -0.39 is 6.10 Å². The van der Waals surface area contributed by atoms with Crippen molar-refractivity contribution in [2.45, 2.75) is 20.0 Å². The summed E-state index contributed by atoms with van der Waals surface area (Å²) >= 11 is 0. The maximum Gasteiger partial charge on any atom is 0.265 e. The Morgan fingerprint density at radius 2 is 2.27 bits per heavy atom. The third-order valence-corrected chi connectivity index (χ3v) is 2.31. The lowest BCUT2D eigenvalue weighted by atomic mass is 10.1. The van der Waals surface area contributed by atoms with E-state index in [4.69, 9.17) is 4.74 Å². The summed E-state index contributed by atoms with van der Waals surface area (Å²) in [6.45, 7) is 3.69. The van der Waals surface area contributed by atoms with Gasteiger partial charge in [-0.1, -0.05) is 24.3 Å². The molecule has 1 N–H and O–H groups in total. The van der Waals surface area contributed by atoms with Crippen LogP contribution < -0.4 is 10.1 Å². The van der Waals surface area contributed by atoms with Crippen molar-refractivity contribution in [2.24, 2.45) is 0 Å². The Hall–Kier alpha value is -1.77. The van der Waals surface area contributed by atoms with Crippen LogP contribution in [-0.4, -0.2) is 12.0 Å². The lowest BCUT2D eigenvalue weighted by Crippen LogP contribution is -2.34. The summed E-state index contributed by atoms with van der Waals surface area (Å²) in [5.74, 6) is 0.655. The highest BCUT2D eigenvalue weighted by molar-refractivity contribution is 5.98. The molecule has 1 heterocycles. The van der Waals surface area contributed by atoms with Gasteiger partial charge in [0.15, 0.2) is 11.9 Å². The van der Waals surface area contributed by atoms with Crippen LogP contribution in [0.15, 0.2) is 24.3 Å².